The lowest BCUT2D eigenvalue weighted by Gasteiger charge is -2.38. The van der Waals surface area contributed by atoms with Crippen LogP contribution < -0.4 is 15.1 Å². The van der Waals surface area contributed by atoms with Crippen LogP contribution in [-0.2, 0) is 6.42 Å². The third-order valence-electron chi connectivity index (χ3n) is 5.27. The van der Waals surface area contributed by atoms with E-state index in [-0.39, 0.29) is 12.1 Å². The Morgan fingerprint density at radius 1 is 0.929 bits per heavy atom. The number of fused-ring (bicyclic) bond motifs is 1. The number of amides is 1. The Kier molecular flexibility index (Phi) is 4.78. The molecule has 3 aromatic carbocycles. The maximum absolute atomic E-state index is 13.4. The summed E-state index contributed by atoms with van der Waals surface area (Å²) in [6, 6.07) is 24.3. The number of nitrogens with one attached hydrogen (secondary N) is 1. The first kappa shape index (κ1) is 18.1. The molecule has 4 nitrogen and oxygen atoms in total. The minimum atomic E-state index is -0.258. The van der Waals surface area contributed by atoms with E-state index in [0.717, 1.165) is 29.0 Å². The standard InChI is InChI=1S/C24H25N3O/c1-4-17-9-13-20(14-10-17)27-23(18-11-15-19(16-12-18)26(2)3)25-22-8-6-5-7-21(22)24(27)28/h5-16,23,25H,4H2,1-3H3. The highest BCUT2D eigenvalue weighted by Gasteiger charge is 2.33. The third-order valence-corrected chi connectivity index (χ3v) is 5.27. The fourth-order valence-electron chi connectivity index (χ4n) is 3.60. The minimum Gasteiger partial charge on any atom is -0.378 e. The second-order valence-corrected chi connectivity index (χ2v) is 7.27. The molecule has 4 rings (SSSR count). The Bertz CT molecular complexity index is 977. The molecule has 1 N–H and O–H groups in total. The molecule has 4 heteroatoms. The Balaban J connectivity index is 1.79. The fraction of sp³-hybridized carbons (Fsp3) is 0.208. The SMILES string of the molecule is CCc1ccc(N2C(=O)c3ccccc3NC2c2ccc(N(C)C)cc2)cc1. The molecular formula is C24H25N3O. The molecule has 0 aliphatic carbocycles. The maximum Gasteiger partial charge on any atom is 0.262 e. The monoisotopic (exact) mass is 371 g/mol. The Hall–Kier alpha value is -3.27. The van der Waals surface area contributed by atoms with Crippen molar-refractivity contribution >= 4 is 23.0 Å². The molecule has 1 aliphatic heterocycles. The maximum atomic E-state index is 13.4. The molecule has 1 heterocycles. The molecule has 0 spiro atoms. The molecule has 0 saturated heterocycles. The zero-order valence-electron chi connectivity index (χ0n) is 16.5. The quantitative estimate of drug-likeness (QED) is 0.694. The van der Waals surface area contributed by atoms with Gasteiger partial charge in [0.05, 0.1) is 5.56 Å². The highest BCUT2D eigenvalue weighted by atomic mass is 16.2. The summed E-state index contributed by atoms with van der Waals surface area (Å²) in [5.74, 6) is 0.0142. The van der Waals surface area contributed by atoms with Crippen LogP contribution in [0.15, 0.2) is 72.8 Å². The molecule has 28 heavy (non-hydrogen) atoms. The van der Waals surface area contributed by atoms with Crippen molar-refractivity contribution in [1.82, 2.24) is 0 Å². The number of benzene rings is 3. The molecular weight excluding hydrogens is 346 g/mol. The topological polar surface area (TPSA) is 35.6 Å². The van der Waals surface area contributed by atoms with Gasteiger partial charge in [-0.1, -0.05) is 43.3 Å². The molecule has 142 valence electrons. The second-order valence-electron chi connectivity index (χ2n) is 7.27. The molecule has 1 amide bonds. The van der Waals surface area contributed by atoms with Gasteiger partial charge in [-0.2, -0.15) is 0 Å². The number of aryl methyl sites for hydroxylation is 1. The number of anilines is 3. The lowest BCUT2D eigenvalue weighted by Crippen LogP contribution is -2.43. The van der Waals surface area contributed by atoms with Gasteiger partial charge < -0.3 is 10.2 Å². The first-order valence-corrected chi connectivity index (χ1v) is 9.64. The molecule has 1 unspecified atom stereocenters. The van der Waals surface area contributed by atoms with Gasteiger partial charge in [-0.25, -0.2) is 0 Å². The molecule has 0 aromatic heterocycles. The lowest BCUT2D eigenvalue weighted by molar-refractivity contribution is 0.0975. The third kappa shape index (κ3) is 3.22. The predicted octanol–water partition coefficient (Wildman–Crippen LogP) is 5.09. The van der Waals surface area contributed by atoms with Crippen LogP contribution in [0.1, 0.15) is 34.6 Å². The van der Waals surface area contributed by atoms with Crippen molar-refractivity contribution < 1.29 is 4.79 Å². The molecule has 0 radical (unpaired) electrons. The Labute approximate surface area is 166 Å². The first-order chi connectivity index (χ1) is 13.6. The number of hydrogen-bond donors (Lipinski definition) is 1. The van der Waals surface area contributed by atoms with Crippen LogP contribution >= 0.6 is 0 Å². The van der Waals surface area contributed by atoms with Gasteiger partial charge in [-0.05, 0) is 53.9 Å². The van der Waals surface area contributed by atoms with E-state index in [1.165, 1.54) is 5.56 Å². The van der Waals surface area contributed by atoms with Crippen LogP contribution in [0.5, 0.6) is 0 Å². The number of rotatable bonds is 4. The second kappa shape index (κ2) is 7.39. The number of para-hydroxylation sites is 1. The van der Waals surface area contributed by atoms with Gasteiger partial charge in [0.15, 0.2) is 0 Å². The molecule has 0 saturated carbocycles. The van der Waals surface area contributed by atoms with Crippen LogP contribution in [-0.4, -0.2) is 20.0 Å². The van der Waals surface area contributed by atoms with E-state index in [1.54, 1.807) is 0 Å². The molecule has 3 aromatic rings. The predicted molar refractivity (Wildman–Crippen MR) is 116 cm³/mol. The minimum absolute atomic E-state index is 0.0142. The van der Waals surface area contributed by atoms with Crippen molar-refractivity contribution in [2.45, 2.75) is 19.5 Å². The Morgan fingerprint density at radius 3 is 2.25 bits per heavy atom. The largest absolute Gasteiger partial charge is 0.378 e. The van der Waals surface area contributed by atoms with E-state index in [2.05, 4.69) is 53.5 Å². The fourth-order valence-corrected chi connectivity index (χ4v) is 3.60. The highest BCUT2D eigenvalue weighted by Crippen LogP contribution is 2.37. The van der Waals surface area contributed by atoms with E-state index < -0.39 is 0 Å². The Morgan fingerprint density at radius 2 is 1.61 bits per heavy atom. The highest BCUT2D eigenvalue weighted by molar-refractivity contribution is 6.12. The van der Waals surface area contributed by atoms with Crippen molar-refractivity contribution in [2.24, 2.45) is 0 Å². The average Bonchev–Trinajstić information content (AvgIpc) is 2.74. The van der Waals surface area contributed by atoms with E-state index in [0.29, 0.717) is 5.56 Å². The van der Waals surface area contributed by atoms with E-state index >= 15 is 0 Å². The smallest absolute Gasteiger partial charge is 0.262 e. The number of nitrogens with zero attached hydrogens (tertiary/aromatic N) is 2. The lowest BCUT2D eigenvalue weighted by atomic mass is 10.0. The van der Waals surface area contributed by atoms with Gasteiger partial charge in [0, 0.05) is 31.2 Å². The summed E-state index contributed by atoms with van der Waals surface area (Å²) in [7, 11) is 4.05. The van der Waals surface area contributed by atoms with Crippen molar-refractivity contribution in [3.63, 3.8) is 0 Å². The van der Waals surface area contributed by atoms with Gasteiger partial charge in [-0.3, -0.25) is 9.69 Å². The van der Waals surface area contributed by atoms with E-state index in [9.17, 15) is 4.79 Å². The first-order valence-electron chi connectivity index (χ1n) is 9.64. The van der Waals surface area contributed by atoms with E-state index in [1.807, 2.05) is 55.4 Å². The normalized spacial score (nSPS) is 15.8. The summed E-state index contributed by atoms with van der Waals surface area (Å²) in [6.45, 7) is 2.13. The van der Waals surface area contributed by atoms with Crippen LogP contribution in [0.4, 0.5) is 17.1 Å². The van der Waals surface area contributed by atoms with Gasteiger partial charge in [0.25, 0.3) is 5.91 Å². The van der Waals surface area contributed by atoms with Crippen LogP contribution in [0, 0.1) is 0 Å². The summed E-state index contributed by atoms with van der Waals surface area (Å²) in [5.41, 5.74) is 5.90. The van der Waals surface area contributed by atoms with Gasteiger partial charge in [-0.15, -0.1) is 0 Å². The summed E-state index contributed by atoms with van der Waals surface area (Å²) in [4.78, 5) is 17.3. The van der Waals surface area contributed by atoms with Crippen molar-refractivity contribution in [2.75, 3.05) is 29.2 Å². The average molecular weight is 371 g/mol. The van der Waals surface area contributed by atoms with Crippen molar-refractivity contribution in [3.05, 3.63) is 89.5 Å². The molecule has 0 fully saturated rings. The summed E-state index contributed by atoms with van der Waals surface area (Å²) in [6.07, 6.45) is 0.719. The van der Waals surface area contributed by atoms with Crippen LogP contribution in [0.25, 0.3) is 0 Å². The molecule has 1 atom stereocenters. The summed E-state index contributed by atoms with van der Waals surface area (Å²) in [5, 5.41) is 3.56. The van der Waals surface area contributed by atoms with Gasteiger partial charge >= 0.3 is 0 Å². The van der Waals surface area contributed by atoms with Crippen molar-refractivity contribution in [3.8, 4) is 0 Å². The zero-order valence-corrected chi connectivity index (χ0v) is 16.5. The molecule has 1 aliphatic rings. The number of hydrogen-bond acceptors (Lipinski definition) is 3. The summed E-state index contributed by atoms with van der Waals surface area (Å²) >= 11 is 0. The number of carbonyl (C=O) groups is 1. The summed E-state index contributed by atoms with van der Waals surface area (Å²) < 4.78 is 0. The van der Waals surface area contributed by atoms with Gasteiger partial charge in [0.1, 0.15) is 6.17 Å². The molecule has 0 bridgehead atoms. The van der Waals surface area contributed by atoms with Gasteiger partial charge in [0.2, 0.25) is 0 Å². The van der Waals surface area contributed by atoms with Crippen molar-refractivity contribution in [1.29, 1.82) is 0 Å². The van der Waals surface area contributed by atoms with Crippen LogP contribution in [0.3, 0.4) is 0 Å². The van der Waals surface area contributed by atoms with Crippen LogP contribution in [0.2, 0.25) is 0 Å². The number of carbonyl (C=O) groups excluding carboxylic acids is 1. The van der Waals surface area contributed by atoms with E-state index in [4.69, 9.17) is 0 Å². The zero-order chi connectivity index (χ0) is 19.7.